The molecule has 31 heavy (non-hydrogen) atoms. The van der Waals surface area contributed by atoms with Gasteiger partial charge in [0, 0.05) is 5.69 Å². The Kier molecular flexibility index (Phi) is 6.55. The Morgan fingerprint density at radius 3 is 2.03 bits per heavy atom. The molecule has 3 aromatic rings. The standard InChI is InChI=1S/C24H23NO6/c1-4-30-24(29)21-14(2)22(25-15(21)3)20(27)13-31-23(28)18-7-5-16(6-8-18)17-9-11-19(26)12-10-17/h5-12,25-26H,4,13H2,1-3H3. The summed E-state index contributed by atoms with van der Waals surface area (Å²) < 4.78 is 10.2. The van der Waals surface area contributed by atoms with Crippen molar-refractivity contribution in [3.8, 4) is 16.9 Å². The first-order valence-electron chi connectivity index (χ1n) is 9.77. The van der Waals surface area contributed by atoms with Crippen molar-refractivity contribution >= 4 is 17.7 Å². The van der Waals surface area contributed by atoms with Crippen LogP contribution in [0.15, 0.2) is 48.5 Å². The van der Waals surface area contributed by atoms with Crippen LogP contribution in [0.1, 0.15) is 49.4 Å². The fourth-order valence-corrected chi connectivity index (χ4v) is 3.28. The summed E-state index contributed by atoms with van der Waals surface area (Å²) in [6.45, 7) is 4.81. The molecule has 0 saturated carbocycles. The number of phenols is 1. The van der Waals surface area contributed by atoms with Crippen LogP contribution in [0.5, 0.6) is 5.75 Å². The SMILES string of the molecule is CCOC(=O)c1c(C)[nH]c(C(=O)COC(=O)c2ccc(-c3ccc(O)cc3)cc2)c1C. The summed E-state index contributed by atoms with van der Waals surface area (Å²) in [6, 6.07) is 13.4. The maximum atomic E-state index is 12.5. The summed E-state index contributed by atoms with van der Waals surface area (Å²) in [6.07, 6.45) is 0. The summed E-state index contributed by atoms with van der Waals surface area (Å²) in [5, 5.41) is 9.38. The predicted molar refractivity (Wildman–Crippen MR) is 114 cm³/mol. The molecule has 0 unspecified atom stereocenters. The van der Waals surface area contributed by atoms with Crippen LogP contribution in [-0.2, 0) is 9.47 Å². The molecule has 0 amide bonds. The van der Waals surface area contributed by atoms with Crippen LogP contribution in [0.4, 0.5) is 0 Å². The molecular formula is C24H23NO6. The van der Waals surface area contributed by atoms with Crippen molar-refractivity contribution in [1.29, 1.82) is 0 Å². The average molecular weight is 421 g/mol. The lowest BCUT2D eigenvalue weighted by atomic mass is 10.0. The second kappa shape index (κ2) is 9.30. The van der Waals surface area contributed by atoms with E-state index in [1.807, 2.05) is 0 Å². The van der Waals surface area contributed by atoms with Crippen LogP contribution < -0.4 is 0 Å². The van der Waals surface area contributed by atoms with Crippen LogP contribution >= 0.6 is 0 Å². The van der Waals surface area contributed by atoms with E-state index in [1.54, 1.807) is 69.3 Å². The number of aromatic amines is 1. The van der Waals surface area contributed by atoms with Gasteiger partial charge in [-0.2, -0.15) is 0 Å². The van der Waals surface area contributed by atoms with Crippen molar-refractivity contribution in [2.45, 2.75) is 20.8 Å². The van der Waals surface area contributed by atoms with Crippen molar-refractivity contribution in [3.63, 3.8) is 0 Å². The number of hydrogen-bond donors (Lipinski definition) is 2. The maximum absolute atomic E-state index is 12.5. The van der Waals surface area contributed by atoms with Gasteiger partial charge in [-0.05, 0) is 61.7 Å². The van der Waals surface area contributed by atoms with Gasteiger partial charge in [0.2, 0.25) is 5.78 Å². The Hall–Kier alpha value is -3.87. The van der Waals surface area contributed by atoms with Crippen molar-refractivity contribution in [3.05, 3.63) is 76.6 Å². The van der Waals surface area contributed by atoms with E-state index in [9.17, 15) is 19.5 Å². The van der Waals surface area contributed by atoms with E-state index in [-0.39, 0.29) is 18.1 Å². The Morgan fingerprint density at radius 2 is 1.45 bits per heavy atom. The third-order valence-corrected chi connectivity index (χ3v) is 4.85. The highest BCUT2D eigenvalue weighted by Gasteiger charge is 2.23. The average Bonchev–Trinajstić information content (AvgIpc) is 3.06. The molecule has 160 valence electrons. The molecule has 0 bridgehead atoms. The molecule has 0 atom stereocenters. The minimum atomic E-state index is -0.628. The summed E-state index contributed by atoms with van der Waals surface area (Å²) >= 11 is 0. The maximum Gasteiger partial charge on any atom is 0.340 e. The van der Waals surface area contributed by atoms with E-state index in [1.165, 1.54) is 0 Å². The first kappa shape index (κ1) is 21.8. The number of esters is 2. The molecule has 0 radical (unpaired) electrons. The van der Waals surface area contributed by atoms with E-state index in [0.717, 1.165) is 11.1 Å². The first-order valence-corrected chi connectivity index (χ1v) is 9.77. The van der Waals surface area contributed by atoms with Gasteiger partial charge in [0.15, 0.2) is 6.61 Å². The summed E-state index contributed by atoms with van der Waals surface area (Å²) in [5.74, 6) is -1.39. The summed E-state index contributed by atoms with van der Waals surface area (Å²) in [4.78, 5) is 39.8. The molecule has 0 aliphatic rings. The molecule has 0 fully saturated rings. The number of carbonyl (C=O) groups is 3. The van der Waals surface area contributed by atoms with E-state index >= 15 is 0 Å². The zero-order chi connectivity index (χ0) is 22.5. The monoisotopic (exact) mass is 421 g/mol. The number of carbonyl (C=O) groups excluding carboxylic acids is 3. The molecule has 2 aromatic carbocycles. The van der Waals surface area contributed by atoms with Crippen LogP contribution in [0.2, 0.25) is 0 Å². The molecule has 1 heterocycles. The number of aromatic hydroxyl groups is 1. The number of nitrogens with one attached hydrogen (secondary N) is 1. The number of aryl methyl sites for hydroxylation is 1. The van der Waals surface area contributed by atoms with E-state index in [2.05, 4.69) is 4.98 Å². The molecule has 0 saturated heterocycles. The molecule has 7 heteroatoms. The van der Waals surface area contributed by atoms with Crippen LogP contribution in [0, 0.1) is 13.8 Å². The van der Waals surface area contributed by atoms with Crippen molar-refractivity contribution < 1.29 is 29.0 Å². The molecule has 0 aliphatic heterocycles. The number of aromatic nitrogens is 1. The number of H-pyrrole nitrogens is 1. The predicted octanol–water partition coefficient (Wildman–Crippen LogP) is 4.22. The lowest BCUT2D eigenvalue weighted by Gasteiger charge is -2.06. The number of Topliss-reactive ketones (excluding diaryl/α,β-unsaturated/α-hetero) is 1. The van der Waals surface area contributed by atoms with Gasteiger partial charge in [-0.1, -0.05) is 24.3 Å². The molecule has 7 nitrogen and oxygen atoms in total. The Balaban J connectivity index is 1.65. The Morgan fingerprint density at radius 1 is 0.871 bits per heavy atom. The zero-order valence-corrected chi connectivity index (χ0v) is 17.5. The number of ketones is 1. The largest absolute Gasteiger partial charge is 0.508 e. The first-order chi connectivity index (χ1) is 14.8. The van der Waals surface area contributed by atoms with E-state index < -0.39 is 24.3 Å². The van der Waals surface area contributed by atoms with Gasteiger partial charge >= 0.3 is 11.9 Å². The normalized spacial score (nSPS) is 10.5. The van der Waals surface area contributed by atoms with Gasteiger partial charge < -0.3 is 19.6 Å². The van der Waals surface area contributed by atoms with E-state index in [0.29, 0.717) is 22.4 Å². The highest BCUT2D eigenvalue weighted by atomic mass is 16.5. The van der Waals surface area contributed by atoms with Crippen molar-refractivity contribution in [1.82, 2.24) is 4.98 Å². The van der Waals surface area contributed by atoms with Crippen molar-refractivity contribution in [2.75, 3.05) is 13.2 Å². The number of ether oxygens (including phenoxy) is 2. The number of benzene rings is 2. The van der Waals surface area contributed by atoms with E-state index in [4.69, 9.17) is 9.47 Å². The van der Waals surface area contributed by atoms with Gasteiger partial charge in [-0.25, -0.2) is 9.59 Å². The summed E-state index contributed by atoms with van der Waals surface area (Å²) in [5.41, 5.74) is 3.60. The smallest absolute Gasteiger partial charge is 0.340 e. The Bertz CT molecular complexity index is 1110. The molecule has 3 rings (SSSR count). The topological polar surface area (TPSA) is 106 Å². The fourth-order valence-electron chi connectivity index (χ4n) is 3.28. The Labute approximate surface area is 179 Å². The highest BCUT2D eigenvalue weighted by molar-refractivity contribution is 6.03. The second-order valence-electron chi connectivity index (χ2n) is 6.97. The minimum Gasteiger partial charge on any atom is -0.508 e. The van der Waals surface area contributed by atoms with Gasteiger partial charge in [-0.3, -0.25) is 4.79 Å². The molecule has 2 N–H and O–H groups in total. The lowest BCUT2D eigenvalue weighted by molar-refractivity contribution is 0.0472. The summed E-state index contributed by atoms with van der Waals surface area (Å²) in [7, 11) is 0. The van der Waals surface area contributed by atoms with Gasteiger partial charge in [0.05, 0.1) is 23.4 Å². The quantitative estimate of drug-likeness (QED) is 0.437. The number of rotatable bonds is 7. The number of hydrogen-bond acceptors (Lipinski definition) is 6. The molecule has 1 aromatic heterocycles. The molecule has 0 spiro atoms. The van der Waals surface area contributed by atoms with Gasteiger partial charge in [-0.15, -0.1) is 0 Å². The zero-order valence-electron chi connectivity index (χ0n) is 17.5. The highest BCUT2D eigenvalue weighted by Crippen LogP contribution is 2.23. The van der Waals surface area contributed by atoms with Crippen LogP contribution in [0.3, 0.4) is 0 Å². The fraction of sp³-hybridized carbons (Fsp3) is 0.208. The lowest BCUT2D eigenvalue weighted by Crippen LogP contribution is -2.15. The van der Waals surface area contributed by atoms with Crippen LogP contribution in [-0.4, -0.2) is 41.0 Å². The minimum absolute atomic E-state index is 0.176. The van der Waals surface area contributed by atoms with Crippen LogP contribution in [0.25, 0.3) is 11.1 Å². The third-order valence-electron chi connectivity index (χ3n) is 4.85. The van der Waals surface area contributed by atoms with Crippen molar-refractivity contribution in [2.24, 2.45) is 0 Å². The molecule has 0 aliphatic carbocycles. The third kappa shape index (κ3) is 4.83. The molecular weight excluding hydrogens is 398 g/mol. The van der Waals surface area contributed by atoms with Gasteiger partial charge in [0.1, 0.15) is 5.75 Å². The van der Waals surface area contributed by atoms with Gasteiger partial charge in [0.25, 0.3) is 0 Å². The number of phenolic OH excluding ortho intramolecular Hbond substituents is 1. The second-order valence-corrected chi connectivity index (χ2v) is 6.97.